The van der Waals surface area contributed by atoms with E-state index in [0.29, 0.717) is 28.9 Å². The fourth-order valence-corrected chi connectivity index (χ4v) is 3.52. The van der Waals surface area contributed by atoms with Crippen molar-refractivity contribution < 1.29 is 18.3 Å². The Kier molecular flexibility index (Phi) is 6.39. The molecule has 0 aliphatic rings. The predicted octanol–water partition coefficient (Wildman–Crippen LogP) is 5.91. The van der Waals surface area contributed by atoms with E-state index in [9.17, 15) is 9.18 Å². The van der Waals surface area contributed by atoms with Crippen LogP contribution in [0.25, 0.3) is 0 Å². The molecule has 1 amide bonds. The fourth-order valence-electron chi connectivity index (χ4n) is 2.79. The summed E-state index contributed by atoms with van der Waals surface area (Å²) < 4.78 is 26.7. The quantitative estimate of drug-likeness (QED) is 0.340. The van der Waals surface area contributed by atoms with Crippen LogP contribution in [0.4, 0.5) is 10.2 Å². The van der Waals surface area contributed by atoms with Gasteiger partial charge in [0, 0.05) is 16.7 Å². The van der Waals surface area contributed by atoms with Crippen molar-refractivity contribution in [3.63, 3.8) is 0 Å². The van der Waals surface area contributed by atoms with Crippen LogP contribution < -0.4 is 10.1 Å². The van der Waals surface area contributed by atoms with Crippen LogP contribution in [0.2, 0.25) is 5.02 Å². The second-order valence-corrected chi connectivity index (χ2v) is 7.93. The number of ether oxygens (including phenoxy) is 1. The Balaban J connectivity index is 1.33. The number of furan rings is 1. The number of carbonyl (C=O) groups is 1. The van der Waals surface area contributed by atoms with Crippen molar-refractivity contribution in [1.29, 1.82) is 0 Å². The first kappa shape index (κ1) is 21.1. The fraction of sp³-hybridized carbons (Fsp3) is 0.0909. The van der Waals surface area contributed by atoms with Gasteiger partial charge in [-0.05, 0) is 48.0 Å². The molecule has 0 aliphatic heterocycles. The van der Waals surface area contributed by atoms with Crippen LogP contribution in [0.3, 0.4) is 0 Å². The van der Waals surface area contributed by atoms with E-state index in [1.54, 1.807) is 53.3 Å². The van der Waals surface area contributed by atoms with Crippen LogP contribution in [0, 0.1) is 5.82 Å². The minimum absolute atomic E-state index is 0.126. The summed E-state index contributed by atoms with van der Waals surface area (Å²) in [6, 6.07) is 16.3. The third-order valence-corrected chi connectivity index (χ3v) is 5.08. The van der Waals surface area contributed by atoms with Crippen molar-refractivity contribution >= 4 is 39.3 Å². The van der Waals surface area contributed by atoms with Crippen molar-refractivity contribution in [3.8, 4) is 5.75 Å². The molecule has 0 fully saturated rings. The molecule has 158 valence electrons. The van der Waals surface area contributed by atoms with Gasteiger partial charge in [0.05, 0.1) is 11.6 Å². The molecule has 9 heteroatoms. The lowest BCUT2D eigenvalue weighted by Crippen LogP contribution is -2.12. The standard InChI is InChI=1S/C22H16BrClFN3O3/c23-15-3-7-19(18(24)11-15)30-13-17-6-8-20(31-17)22(29)26-21-9-10-28(27-21)12-14-1-4-16(25)5-2-14/h1-11H,12-13H2,(H,26,27,29). The monoisotopic (exact) mass is 503 g/mol. The molecule has 31 heavy (non-hydrogen) atoms. The van der Waals surface area contributed by atoms with Crippen LogP contribution >= 0.6 is 27.5 Å². The summed E-state index contributed by atoms with van der Waals surface area (Å²) in [6.45, 7) is 0.581. The topological polar surface area (TPSA) is 69.3 Å². The van der Waals surface area contributed by atoms with Crippen LogP contribution in [0.1, 0.15) is 21.9 Å². The molecule has 0 saturated carbocycles. The van der Waals surface area contributed by atoms with Crippen LogP contribution in [0.15, 0.2) is 75.8 Å². The zero-order valence-electron chi connectivity index (χ0n) is 16.0. The molecule has 2 aromatic carbocycles. The number of anilines is 1. The molecule has 6 nitrogen and oxygen atoms in total. The van der Waals surface area contributed by atoms with Gasteiger partial charge >= 0.3 is 0 Å². The lowest BCUT2D eigenvalue weighted by Gasteiger charge is -2.06. The highest BCUT2D eigenvalue weighted by atomic mass is 79.9. The normalized spacial score (nSPS) is 10.8. The van der Waals surface area contributed by atoms with Crippen molar-refractivity contribution in [2.24, 2.45) is 0 Å². The van der Waals surface area contributed by atoms with Crippen LogP contribution in [-0.4, -0.2) is 15.7 Å². The number of nitrogens with one attached hydrogen (secondary N) is 1. The highest BCUT2D eigenvalue weighted by Gasteiger charge is 2.14. The van der Waals surface area contributed by atoms with Crippen LogP contribution in [-0.2, 0) is 13.2 Å². The first-order valence-corrected chi connectivity index (χ1v) is 10.4. The molecule has 0 saturated heterocycles. The van der Waals surface area contributed by atoms with Crippen molar-refractivity contribution in [2.75, 3.05) is 5.32 Å². The summed E-state index contributed by atoms with van der Waals surface area (Å²) in [5, 5.41) is 7.45. The third kappa shape index (κ3) is 5.53. The number of rotatable bonds is 7. The van der Waals surface area contributed by atoms with E-state index in [0.717, 1.165) is 10.0 Å². The van der Waals surface area contributed by atoms with E-state index < -0.39 is 5.91 Å². The zero-order valence-corrected chi connectivity index (χ0v) is 18.4. The number of amides is 1. The van der Waals surface area contributed by atoms with Gasteiger partial charge < -0.3 is 14.5 Å². The van der Waals surface area contributed by atoms with Gasteiger partial charge in [-0.25, -0.2) is 4.39 Å². The molecular formula is C22H16BrClFN3O3. The second kappa shape index (κ2) is 9.36. The Morgan fingerprint density at radius 1 is 1.16 bits per heavy atom. The van der Waals surface area contributed by atoms with Crippen molar-refractivity contribution in [1.82, 2.24) is 9.78 Å². The number of carbonyl (C=O) groups excluding carboxylic acids is 1. The zero-order chi connectivity index (χ0) is 21.8. The molecule has 0 bridgehead atoms. The molecule has 1 N–H and O–H groups in total. The van der Waals surface area contributed by atoms with Crippen LogP contribution in [0.5, 0.6) is 5.75 Å². The minimum Gasteiger partial charge on any atom is -0.484 e. The van der Waals surface area contributed by atoms with E-state index in [2.05, 4.69) is 26.3 Å². The molecule has 2 aromatic heterocycles. The molecule has 4 rings (SSSR count). The van der Waals surface area contributed by atoms with E-state index in [1.807, 2.05) is 6.07 Å². The van der Waals surface area contributed by atoms with Gasteiger partial charge in [0.25, 0.3) is 5.91 Å². The summed E-state index contributed by atoms with van der Waals surface area (Å²) in [5.41, 5.74) is 0.893. The number of hydrogen-bond donors (Lipinski definition) is 1. The SMILES string of the molecule is O=C(Nc1ccn(Cc2ccc(F)cc2)n1)c1ccc(COc2ccc(Br)cc2Cl)o1. The van der Waals surface area contributed by atoms with Crippen molar-refractivity contribution in [2.45, 2.75) is 13.2 Å². The lowest BCUT2D eigenvalue weighted by atomic mass is 10.2. The largest absolute Gasteiger partial charge is 0.484 e. The molecule has 0 aliphatic carbocycles. The average molecular weight is 505 g/mol. The number of aromatic nitrogens is 2. The Hall–Kier alpha value is -3.10. The Morgan fingerprint density at radius 3 is 2.74 bits per heavy atom. The minimum atomic E-state index is -0.431. The molecule has 2 heterocycles. The van der Waals surface area contributed by atoms with Gasteiger partial charge in [-0.3, -0.25) is 9.48 Å². The van der Waals surface area contributed by atoms with E-state index >= 15 is 0 Å². The van der Waals surface area contributed by atoms with Gasteiger partial charge in [-0.1, -0.05) is 39.7 Å². The highest BCUT2D eigenvalue weighted by Crippen LogP contribution is 2.28. The number of hydrogen-bond acceptors (Lipinski definition) is 4. The number of benzene rings is 2. The van der Waals surface area contributed by atoms with Gasteiger partial charge in [0.1, 0.15) is 23.9 Å². The predicted molar refractivity (Wildman–Crippen MR) is 118 cm³/mol. The number of nitrogens with zero attached hydrogens (tertiary/aromatic N) is 2. The third-order valence-electron chi connectivity index (χ3n) is 4.29. The molecule has 4 aromatic rings. The summed E-state index contributed by atoms with van der Waals surface area (Å²) in [5.74, 6) is 0.779. The maximum absolute atomic E-state index is 13.0. The maximum Gasteiger partial charge on any atom is 0.292 e. The summed E-state index contributed by atoms with van der Waals surface area (Å²) >= 11 is 9.46. The molecular weight excluding hydrogens is 489 g/mol. The van der Waals surface area contributed by atoms with Gasteiger partial charge in [-0.2, -0.15) is 5.10 Å². The first-order chi connectivity index (χ1) is 15.0. The molecule has 0 atom stereocenters. The smallest absolute Gasteiger partial charge is 0.292 e. The van der Waals surface area contributed by atoms with E-state index in [1.165, 1.54) is 12.1 Å². The Bertz CT molecular complexity index is 1210. The molecule has 0 unspecified atom stereocenters. The van der Waals surface area contributed by atoms with Gasteiger partial charge in [0.2, 0.25) is 0 Å². The molecule has 0 radical (unpaired) electrons. The van der Waals surface area contributed by atoms with E-state index in [4.69, 9.17) is 20.8 Å². The Labute approximate surface area is 190 Å². The second-order valence-electron chi connectivity index (χ2n) is 6.61. The van der Waals surface area contributed by atoms with Gasteiger partial charge in [-0.15, -0.1) is 0 Å². The Morgan fingerprint density at radius 2 is 1.97 bits per heavy atom. The van der Waals surface area contributed by atoms with E-state index in [-0.39, 0.29) is 18.2 Å². The summed E-state index contributed by atoms with van der Waals surface area (Å²) in [6.07, 6.45) is 1.72. The number of halogens is 3. The first-order valence-electron chi connectivity index (χ1n) is 9.22. The average Bonchev–Trinajstić information content (AvgIpc) is 3.39. The van der Waals surface area contributed by atoms with Gasteiger partial charge in [0.15, 0.2) is 11.6 Å². The molecule has 0 spiro atoms. The summed E-state index contributed by atoms with van der Waals surface area (Å²) in [7, 11) is 0. The summed E-state index contributed by atoms with van der Waals surface area (Å²) in [4.78, 5) is 12.4. The highest BCUT2D eigenvalue weighted by molar-refractivity contribution is 9.10. The maximum atomic E-state index is 13.0. The van der Waals surface area contributed by atoms with Crippen molar-refractivity contribution in [3.05, 3.63) is 99.3 Å². The lowest BCUT2D eigenvalue weighted by molar-refractivity contribution is 0.0992.